The van der Waals surface area contributed by atoms with Crippen LogP contribution in [0.4, 0.5) is 0 Å². The van der Waals surface area contributed by atoms with Crippen LogP contribution in [0.5, 0.6) is 11.5 Å². The lowest BCUT2D eigenvalue weighted by Crippen LogP contribution is -2.23. The summed E-state index contributed by atoms with van der Waals surface area (Å²) in [5, 5.41) is 0.535. The maximum absolute atomic E-state index is 12.2. The average Bonchev–Trinajstić information content (AvgIpc) is 2.47. The number of hydrogen-bond acceptors (Lipinski definition) is 3. The van der Waals surface area contributed by atoms with Gasteiger partial charge in [0, 0.05) is 10.6 Å². The second-order valence-corrected chi connectivity index (χ2v) is 4.75. The van der Waals surface area contributed by atoms with Crippen molar-refractivity contribution in [2.75, 3.05) is 7.11 Å². The van der Waals surface area contributed by atoms with Crippen molar-refractivity contribution in [3.63, 3.8) is 0 Å². The lowest BCUT2D eigenvalue weighted by atomic mass is 10.1. The van der Waals surface area contributed by atoms with E-state index in [0.29, 0.717) is 16.3 Å². The van der Waals surface area contributed by atoms with Crippen LogP contribution in [0.2, 0.25) is 5.02 Å². The number of Topliss-reactive ketones (excluding diaryl/α,β-unsaturated/α-hetero) is 1. The minimum atomic E-state index is -0.582. The third kappa shape index (κ3) is 3.52. The van der Waals surface area contributed by atoms with Gasteiger partial charge in [0.15, 0.2) is 6.10 Å². The summed E-state index contributed by atoms with van der Waals surface area (Å²) in [6, 6.07) is 13.9. The first kappa shape index (κ1) is 14.4. The van der Waals surface area contributed by atoms with E-state index in [0.717, 1.165) is 5.75 Å². The van der Waals surface area contributed by atoms with Crippen molar-refractivity contribution in [1.82, 2.24) is 0 Å². The van der Waals surface area contributed by atoms with Gasteiger partial charge in [-0.25, -0.2) is 0 Å². The van der Waals surface area contributed by atoms with Crippen molar-refractivity contribution in [3.8, 4) is 11.5 Å². The highest BCUT2D eigenvalue weighted by atomic mass is 35.5. The molecular formula is C16H15ClO3. The van der Waals surface area contributed by atoms with E-state index < -0.39 is 6.10 Å². The second-order valence-electron chi connectivity index (χ2n) is 4.31. The summed E-state index contributed by atoms with van der Waals surface area (Å²) in [5.74, 6) is 1.25. The Morgan fingerprint density at radius 2 is 1.75 bits per heavy atom. The summed E-state index contributed by atoms with van der Waals surface area (Å²) >= 11 is 5.88. The summed E-state index contributed by atoms with van der Waals surface area (Å²) in [4.78, 5) is 12.2. The number of hydrogen-bond donors (Lipinski definition) is 0. The van der Waals surface area contributed by atoms with E-state index in [1.807, 2.05) is 0 Å². The molecule has 3 nitrogen and oxygen atoms in total. The molecule has 0 aromatic heterocycles. The quantitative estimate of drug-likeness (QED) is 0.781. The Morgan fingerprint density at radius 3 is 2.35 bits per heavy atom. The summed E-state index contributed by atoms with van der Waals surface area (Å²) in [5.41, 5.74) is 0.540. The van der Waals surface area contributed by atoms with E-state index in [2.05, 4.69) is 0 Å². The van der Waals surface area contributed by atoms with Gasteiger partial charge in [0.25, 0.3) is 0 Å². The molecule has 0 saturated carbocycles. The number of carbonyl (C=O) groups excluding carboxylic acids is 1. The summed E-state index contributed by atoms with van der Waals surface area (Å²) in [6.07, 6.45) is -0.582. The standard InChI is InChI=1S/C16H15ClO3/c1-11(16(18)12-4-3-5-13(17)10-12)20-15-8-6-14(19-2)7-9-15/h3-11H,1-2H3. The van der Waals surface area contributed by atoms with Crippen molar-refractivity contribution < 1.29 is 14.3 Å². The van der Waals surface area contributed by atoms with E-state index in [4.69, 9.17) is 21.1 Å². The summed E-state index contributed by atoms with van der Waals surface area (Å²) in [7, 11) is 1.60. The van der Waals surface area contributed by atoms with Gasteiger partial charge in [-0.2, -0.15) is 0 Å². The number of ketones is 1. The highest BCUT2D eigenvalue weighted by molar-refractivity contribution is 6.31. The maximum Gasteiger partial charge on any atom is 0.203 e. The fourth-order valence-corrected chi connectivity index (χ4v) is 1.98. The monoisotopic (exact) mass is 290 g/mol. The van der Waals surface area contributed by atoms with Crippen LogP contribution in [0, 0.1) is 0 Å². The van der Waals surface area contributed by atoms with Crippen molar-refractivity contribution in [2.45, 2.75) is 13.0 Å². The Morgan fingerprint density at radius 1 is 1.10 bits per heavy atom. The summed E-state index contributed by atoms with van der Waals surface area (Å²) < 4.78 is 10.7. The van der Waals surface area contributed by atoms with Gasteiger partial charge in [-0.15, -0.1) is 0 Å². The normalized spacial score (nSPS) is 11.8. The molecule has 104 valence electrons. The van der Waals surface area contributed by atoms with Crippen molar-refractivity contribution in [2.24, 2.45) is 0 Å². The molecule has 0 radical (unpaired) electrons. The average molecular weight is 291 g/mol. The predicted molar refractivity (Wildman–Crippen MR) is 78.9 cm³/mol. The molecule has 0 aliphatic heterocycles. The Bertz CT molecular complexity index is 593. The molecule has 0 heterocycles. The van der Waals surface area contributed by atoms with Crippen molar-refractivity contribution in [1.29, 1.82) is 0 Å². The van der Waals surface area contributed by atoms with Gasteiger partial charge in [-0.1, -0.05) is 23.7 Å². The highest BCUT2D eigenvalue weighted by Gasteiger charge is 2.17. The zero-order valence-corrected chi connectivity index (χ0v) is 12.1. The van der Waals surface area contributed by atoms with Gasteiger partial charge in [-0.3, -0.25) is 4.79 Å². The zero-order valence-electron chi connectivity index (χ0n) is 11.3. The van der Waals surface area contributed by atoms with Crippen LogP contribution in [0.3, 0.4) is 0 Å². The molecule has 1 unspecified atom stereocenters. The first-order valence-electron chi connectivity index (χ1n) is 6.20. The fraction of sp³-hybridized carbons (Fsp3) is 0.188. The minimum Gasteiger partial charge on any atom is -0.497 e. The SMILES string of the molecule is COc1ccc(OC(C)C(=O)c2cccc(Cl)c2)cc1. The Kier molecular flexibility index (Phi) is 4.64. The van der Waals surface area contributed by atoms with Crippen LogP contribution in [-0.4, -0.2) is 19.0 Å². The maximum atomic E-state index is 12.2. The van der Waals surface area contributed by atoms with E-state index >= 15 is 0 Å². The van der Waals surface area contributed by atoms with E-state index in [1.165, 1.54) is 0 Å². The van der Waals surface area contributed by atoms with E-state index in [1.54, 1.807) is 62.6 Å². The molecule has 4 heteroatoms. The van der Waals surface area contributed by atoms with Crippen LogP contribution >= 0.6 is 11.6 Å². The minimum absolute atomic E-state index is 0.108. The molecule has 2 aromatic carbocycles. The molecule has 0 saturated heterocycles. The van der Waals surface area contributed by atoms with Crippen molar-refractivity contribution >= 4 is 17.4 Å². The first-order chi connectivity index (χ1) is 9.60. The van der Waals surface area contributed by atoms with Gasteiger partial charge < -0.3 is 9.47 Å². The summed E-state index contributed by atoms with van der Waals surface area (Å²) in [6.45, 7) is 1.72. The topological polar surface area (TPSA) is 35.5 Å². The van der Waals surface area contributed by atoms with Gasteiger partial charge in [0.1, 0.15) is 11.5 Å². The molecule has 0 spiro atoms. The van der Waals surface area contributed by atoms with E-state index in [9.17, 15) is 4.79 Å². The van der Waals surface area contributed by atoms with Gasteiger partial charge >= 0.3 is 0 Å². The van der Waals surface area contributed by atoms with Crippen LogP contribution in [-0.2, 0) is 0 Å². The predicted octanol–water partition coefficient (Wildman–Crippen LogP) is 4.00. The first-order valence-corrected chi connectivity index (χ1v) is 6.58. The molecule has 0 aliphatic rings. The number of methoxy groups -OCH3 is 1. The van der Waals surface area contributed by atoms with Gasteiger partial charge in [0.05, 0.1) is 7.11 Å². The van der Waals surface area contributed by atoms with Crippen LogP contribution in [0.1, 0.15) is 17.3 Å². The number of carbonyl (C=O) groups is 1. The van der Waals surface area contributed by atoms with Crippen LogP contribution < -0.4 is 9.47 Å². The lowest BCUT2D eigenvalue weighted by molar-refractivity contribution is 0.0818. The molecule has 0 bridgehead atoms. The lowest BCUT2D eigenvalue weighted by Gasteiger charge is -2.14. The Hall–Kier alpha value is -2.00. The molecule has 0 N–H and O–H groups in total. The molecule has 1 atom stereocenters. The zero-order chi connectivity index (χ0) is 14.5. The third-order valence-corrected chi connectivity index (χ3v) is 3.09. The molecule has 2 rings (SSSR count). The molecule has 0 fully saturated rings. The molecule has 0 amide bonds. The Balaban J connectivity index is 2.07. The number of rotatable bonds is 5. The van der Waals surface area contributed by atoms with Gasteiger partial charge in [-0.05, 0) is 43.3 Å². The molecule has 2 aromatic rings. The van der Waals surface area contributed by atoms with E-state index in [-0.39, 0.29) is 5.78 Å². The highest BCUT2D eigenvalue weighted by Crippen LogP contribution is 2.20. The molecule has 20 heavy (non-hydrogen) atoms. The van der Waals surface area contributed by atoms with Crippen LogP contribution in [0.15, 0.2) is 48.5 Å². The molecule has 0 aliphatic carbocycles. The fourth-order valence-electron chi connectivity index (χ4n) is 1.79. The second kappa shape index (κ2) is 6.44. The number of ether oxygens (including phenoxy) is 2. The largest absolute Gasteiger partial charge is 0.497 e. The Labute approximate surface area is 123 Å². The van der Waals surface area contributed by atoms with Gasteiger partial charge in [0.2, 0.25) is 5.78 Å². The third-order valence-electron chi connectivity index (χ3n) is 2.85. The molecular weight excluding hydrogens is 276 g/mol. The number of halogens is 1. The van der Waals surface area contributed by atoms with Crippen molar-refractivity contribution in [3.05, 3.63) is 59.1 Å². The van der Waals surface area contributed by atoms with Crippen LogP contribution in [0.25, 0.3) is 0 Å². The smallest absolute Gasteiger partial charge is 0.203 e. The number of benzene rings is 2.